The summed E-state index contributed by atoms with van der Waals surface area (Å²) in [5.74, 6) is 0.807. The molecule has 1 N–H and O–H groups in total. The molecule has 0 fully saturated rings. The molecule has 3 nitrogen and oxygen atoms in total. The summed E-state index contributed by atoms with van der Waals surface area (Å²) in [6.45, 7) is 7.94. The molecule has 0 saturated carbocycles. The van der Waals surface area contributed by atoms with Gasteiger partial charge in [0.25, 0.3) is 0 Å². The number of rotatable bonds is 4. The molecule has 110 valence electrons. The Morgan fingerprint density at radius 2 is 2.00 bits per heavy atom. The second kappa shape index (κ2) is 5.98. The minimum absolute atomic E-state index is 0.807. The van der Waals surface area contributed by atoms with Gasteiger partial charge in [-0.15, -0.1) is 0 Å². The molecule has 0 aliphatic rings. The van der Waals surface area contributed by atoms with Crippen LogP contribution >= 0.6 is 0 Å². The number of aromatic nitrogens is 2. The summed E-state index contributed by atoms with van der Waals surface area (Å²) in [4.78, 5) is 8.91. The van der Waals surface area contributed by atoms with Crippen molar-refractivity contribution in [3.8, 4) is 11.1 Å². The van der Waals surface area contributed by atoms with Crippen molar-refractivity contribution in [2.75, 3.05) is 5.32 Å². The van der Waals surface area contributed by atoms with Gasteiger partial charge in [-0.1, -0.05) is 25.6 Å². The van der Waals surface area contributed by atoms with E-state index in [1.54, 1.807) is 6.20 Å². The van der Waals surface area contributed by atoms with Gasteiger partial charge in [0, 0.05) is 29.0 Å². The molecule has 0 bridgehead atoms. The number of pyridine rings is 2. The lowest BCUT2D eigenvalue weighted by Crippen LogP contribution is -1.95. The van der Waals surface area contributed by atoms with Crippen LogP contribution in [-0.4, -0.2) is 9.97 Å². The normalized spacial score (nSPS) is 10.6. The predicted octanol–water partition coefficient (Wildman–Crippen LogP) is 4.72. The minimum atomic E-state index is 0.807. The van der Waals surface area contributed by atoms with E-state index in [0.29, 0.717) is 0 Å². The summed E-state index contributed by atoms with van der Waals surface area (Å²) < 4.78 is 0. The second-order valence-corrected chi connectivity index (χ2v) is 5.28. The summed E-state index contributed by atoms with van der Waals surface area (Å²) in [5, 5.41) is 5.29. The fourth-order valence-corrected chi connectivity index (χ4v) is 2.76. The Hall–Kier alpha value is -2.68. The highest BCUT2D eigenvalue weighted by Crippen LogP contribution is 2.29. The Labute approximate surface area is 130 Å². The highest BCUT2D eigenvalue weighted by molar-refractivity contribution is 5.89. The molecular weight excluding hydrogens is 270 g/mol. The Morgan fingerprint density at radius 1 is 1.14 bits per heavy atom. The van der Waals surface area contributed by atoms with Gasteiger partial charge in [0.2, 0.25) is 0 Å². The molecule has 1 aromatic carbocycles. The molecule has 0 unspecified atom stereocenters. The van der Waals surface area contributed by atoms with Crippen LogP contribution in [0, 0.1) is 6.92 Å². The van der Waals surface area contributed by atoms with Gasteiger partial charge < -0.3 is 5.32 Å². The summed E-state index contributed by atoms with van der Waals surface area (Å²) in [5.41, 5.74) is 4.82. The van der Waals surface area contributed by atoms with Crippen molar-refractivity contribution in [1.29, 1.82) is 0 Å². The number of hydrogen-bond acceptors (Lipinski definition) is 3. The smallest absolute Gasteiger partial charge is 0.130 e. The van der Waals surface area contributed by atoms with Crippen LogP contribution in [0.2, 0.25) is 0 Å². The number of nitrogens with one attached hydrogen (secondary N) is 1. The number of anilines is 1. The van der Waals surface area contributed by atoms with Gasteiger partial charge in [-0.05, 0) is 54.3 Å². The molecule has 0 radical (unpaired) electrons. The molecule has 3 heteroatoms. The van der Waals surface area contributed by atoms with Crippen LogP contribution in [0.5, 0.6) is 0 Å². The van der Waals surface area contributed by atoms with Crippen molar-refractivity contribution in [3.63, 3.8) is 0 Å². The largest absolute Gasteiger partial charge is 0.347 e. The van der Waals surface area contributed by atoms with Crippen LogP contribution in [0.4, 0.5) is 5.82 Å². The van der Waals surface area contributed by atoms with E-state index in [1.165, 1.54) is 16.7 Å². The minimum Gasteiger partial charge on any atom is -0.347 e. The highest BCUT2D eigenvalue weighted by Gasteiger charge is 2.09. The summed E-state index contributed by atoms with van der Waals surface area (Å²) in [6.07, 6.45) is 6.33. The van der Waals surface area contributed by atoms with E-state index >= 15 is 0 Å². The molecule has 2 heterocycles. The molecular formula is C19H19N3. The first kappa shape index (κ1) is 14.3. The maximum atomic E-state index is 4.52. The summed E-state index contributed by atoms with van der Waals surface area (Å²) in [7, 11) is 0. The van der Waals surface area contributed by atoms with E-state index in [2.05, 4.69) is 60.0 Å². The van der Waals surface area contributed by atoms with Crippen molar-refractivity contribution < 1.29 is 0 Å². The third-order valence-corrected chi connectivity index (χ3v) is 3.83. The molecule has 0 amide bonds. The van der Waals surface area contributed by atoms with Gasteiger partial charge in [-0.2, -0.15) is 0 Å². The number of aryl methyl sites for hydroxylation is 2. The van der Waals surface area contributed by atoms with Crippen LogP contribution < -0.4 is 5.32 Å². The first-order valence-electron chi connectivity index (χ1n) is 7.45. The van der Waals surface area contributed by atoms with E-state index < -0.39 is 0 Å². The molecule has 2 aromatic heterocycles. The van der Waals surface area contributed by atoms with Crippen molar-refractivity contribution in [1.82, 2.24) is 9.97 Å². The fourth-order valence-electron chi connectivity index (χ4n) is 2.76. The molecule has 3 aromatic rings. The number of fused-ring (bicyclic) bond motifs is 1. The maximum absolute atomic E-state index is 4.52. The SMILES string of the molecule is C=CNc1cc2ccc(-c3c(C)ccnc3CC)cc2cn1. The van der Waals surface area contributed by atoms with Crippen molar-refractivity contribution in [2.45, 2.75) is 20.3 Å². The van der Waals surface area contributed by atoms with E-state index in [9.17, 15) is 0 Å². The van der Waals surface area contributed by atoms with Crippen molar-refractivity contribution in [3.05, 3.63) is 66.8 Å². The lowest BCUT2D eigenvalue weighted by atomic mass is 9.96. The van der Waals surface area contributed by atoms with Crippen LogP contribution in [0.25, 0.3) is 21.9 Å². The molecule has 0 saturated heterocycles. The summed E-state index contributed by atoms with van der Waals surface area (Å²) in [6, 6.07) is 10.6. The average Bonchev–Trinajstić information content (AvgIpc) is 2.54. The summed E-state index contributed by atoms with van der Waals surface area (Å²) >= 11 is 0. The third-order valence-electron chi connectivity index (χ3n) is 3.83. The third kappa shape index (κ3) is 2.58. The molecule has 22 heavy (non-hydrogen) atoms. The zero-order valence-corrected chi connectivity index (χ0v) is 12.9. The van der Waals surface area contributed by atoms with E-state index in [1.807, 2.05) is 18.5 Å². The zero-order valence-electron chi connectivity index (χ0n) is 12.9. The molecule has 0 atom stereocenters. The van der Waals surface area contributed by atoms with Crippen molar-refractivity contribution >= 4 is 16.6 Å². The molecule has 0 aliphatic carbocycles. The van der Waals surface area contributed by atoms with Crippen molar-refractivity contribution in [2.24, 2.45) is 0 Å². The van der Waals surface area contributed by atoms with E-state index in [0.717, 1.165) is 28.7 Å². The highest BCUT2D eigenvalue weighted by atomic mass is 15.0. The number of hydrogen-bond donors (Lipinski definition) is 1. The topological polar surface area (TPSA) is 37.8 Å². The first-order valence-corrected chi connectivity index (χ1v) is 7.45. The number of benzene rings is 1. The maximum Gasteiger partial charge on any atom is 0.130 e. The van der Waals surface area contributed by atoms with Gasteiger partial charge in [-0.3, -0.25) is 4.98 Å². The average molecular weight is 289 g/mol. The van der Waals surface area contributed by atoms with Gasteiger partial charge >= 0.3 is 0 Å². The first-order chi connectivity index (χ1) is 10.7. The molecule has 0 aliphatic heterocycles. The molecule has 3 rings (SSSR count). The quantitative estimate of drug-likeness (QED) is 0.755. The lowest BCUT2D eigenvalue weighted by molar-refractivity contribution is 1.03. The van der Waals surface area contributed by atoms with E-state index in [4.69, 9.17) is 0 Å². The van der Waals surface area contributed by atoms with E-state index in [-0.39, 0.29) is 0 Å². The predicted molar refractivity (Wildman–Crippen MR) is 92.9 cm³/mol. The second-order valence-electron chi connectivity index (χ2n) is 5.28. The standard InChI is InChI=1S/C19H19N3/c1-4-17-19(13(3)8-9-21-17)15-7-6-14-11-18(20-5-2)22-12-16(14)10-15/h5-12H,2,4H2,1,3H3,(H,20,22). The molecule has 0 spiro atoms. The Balaban J connectivity index is 2.13. The Bertz CT molecular complexity index is 837. The van der Waals surface area contributed by atoms with Crippen LogP contribution in [0.3, 0.4) is 0 Å². The van der Waals surface area contributed by atoms with Gasteiger partial charge in [0.05, 0.1) is 0 Å². The van der Waals surface area contributed by atoms with Gasteiger partial charge in [-0.25, -0.2) is 4.98 Å². The lowest BCUT2D eigenvalue weighted by Gasteiger charge is -2.12. The fraction of sp³-hybridized carbons (Fsp3) is 0.158. The monoisotopic (exact) mass is 289 g/mol. The number of nitrogens with zero attached hydrogens (tertiary/aromatic N) is 2. The van der Waals surface area contributed by atoms with Gasteiger partial charge in [0.1, 0.15) is 5.82 Å². The van der Waals surface area contributed by atoms with Crippen LogP contribution in [0.15, 0.2) is 55.5 Å². The zero-order chi connectivity index (χ0) is 15.5. The Kier molecular flexibility index (Phi) is 3.88. The Morgan fingerprint density at radius 3 is 2.77 bits per heavy atom. The van der Waals surface area contributed by atoms with Crippen LogP contribution in [0.1, 0.15) is 18.2 Å². The van der Waals surface area contributed by atoms with Gasteiger partial charge in [0.15, 0.2) is 0 Å². The van der Waals surface area contributed by atoms with Crippen LogP contribution in [-0.2, 0) is 6.42 Å².